The minimum Gasteiger partial charge on any atom is -0.478 e. The maximum absolute atomic E-state index is 11.4. The molecule has 0 radical (unpaired) electrons. The number of aliphatic carboxylic acids is 1. The third-order valence-corrected chi connectivity index (χ3v) is 5.84. The molecule has 0 saturated carbocycles. The first-order chi connectivity index (χ1) is 14.9. The van der Waals surface area contributed by atoms with Crippen LogP contribution in [0, 0.1) is 5.92 Å². The normalized spacial score (nSPS) is 15.4. The molecule has 1 aliphatic rings. The maximum atomic E-state index is 11.4. The quantitative estimate of drug-likeness (QED) is 0.138. The van der Waals surface area contributed by atoms with Crippen molar-refractivity contribution in [3.63, 3.8) is 0 Å². The molecule has 1 aliphatic heterocycles. The predicted molar refractivity (Wildman–Crippen MR) is 128 cm³/mol. The van der Waals surface area contributed by atoms with Gasteiger partial charge in [0, 0.05) is 17.9 Å². The molecule has 1 unspecified atom stereocenters. The van der Waals surface area contributed by atoms with Gasteiger partial charge in [-0.1, -0.05) is 116 Å². The number of amides is 2. The van der Waals surface area contributed by atoms with Gasteiger partial charge in [-0.25, -0.2) is 4.79 Å². The highest BCUT2D eigenvalue weighted by Gasteiger charge is 2.29. The largest absolute Gasteiger partial charge is 0.478 e. The number of nitrogens with one attached hydrogen (secondary N) is 1. The van der Waals surface area contributed by atoms with E-state index in [4.69, 9.17) is 5.11 Å². The molecule has 0 aliphatic carbocycles. The molecule has 1 heterocycles. The van der Waals surface area contributed by atoms with E-state index in [0.717, 1.165) is 12.8 Å². The molecule has 1 fully saturated rings. The molecule has 0 aromatic rings. The van der Waals surface area contributed by atoms with Crippen LogP contribution in [-0.2, 0) is 14.4 Å². The summed E-state index contributed by atoms with van der Waals surface area (Å²) in [5.41, 5.74) is 0.176. The molecule has 0 spiro atoms. The summed E-state index contributed by atoms with van der Waals surface area (Å²) >= 11 is 0. The van der Waals surface area contributed by atoms with Crippen molar-refractivity contribution in [2.45, 2.75) is 129 Å². The van der Waals surface area contributed by atoms with E-state index in [-0.39, 0.29) is 23.3 Å². The molecular weight excluding hydrogens is 390 g/mol. The van der Waals surface area contributed by atoms with Gasteiger partial charge in [-0.2, -0.15) is 0 Å². The second kappa shape index (κ2) is 20.3. The maximum Gasteiger partial charge on any atom is 0.330 e. The van der Waals surface area contributed by atoms with Crippen molar-refractivity contribution in [1.29, 1.82) is 0 Å². The highest BCUT2D eigenvalue weighted by Crippen LogP contribution is 2.19. The van der Waals surface area contributed by atoms with Crippen LogP contribution in [0.2, 0.25) is 0 Å². The van der Waals surface area contributed by atoms with Gasteiger partial charge in [0.15, 0.2) is 0 Å². The highest BCUT2D eigenvalue weighted by atomic mass is 16.4. The zero-order valence-electron chi connectivity index (χ0n) is 20.2. The summed E-state index contributed by atoms with van der Waals surface area (Å²) in [4.78, 5) is 32.1. The molecule has 0 aromatic carbocycles. The molecule has 0 aromatic heterocycles. The van der Waals surface area contributed by atoms with E-state index in [1.54, 1.807) is 0 Å². The van der Waals surface area contributed by atoms with Gasteiger partial charge in [0.05, 0.1) is 0 Å². The van der Waals surface area contributed by atoms with Gasteiger partial charge in [-0.05, 0) is 13.3 Å². The van der Waals surface area contributed by atoms with Crippen molar-refractivity contribution in [2.75, 3.05) is 0 Å². The average molecular weight is 438 g/mol. The van der Waals surface area contributed by atoms with Gasteiger partial charge in [0.25, 0.3) is 0 Å². The van der Waals surface area contributed by atoms with E-state index in [1.807, 2.05) is 0 Å². The Morgan fingerprint density at radius 1 is 0.839 bits per heavy atom. The van der Waals surface area contributed by atoms with Crippen LogP contribution in [-0.4, -0.2) is 22.9 Å². The van der Waals surface area contributed by atoms with E-state index >= 15 is 0 Å². The summed E-state index contributed by atoms with van der Waals surface area (Å²) in [6, 6.07) is 0. The molecular formula is C26H47NO4. The van der Waals surface area contributed by atoms with Crippen LogP contribution in [0.3, 0.4) is 0 Å². The van der Waals surface area contributed by atoms with Crippen molar-refractivity contribution in [2.24, 2.45) is 5.92 Å². The molecule has 2 N–H and O–H groups in total. The number of carboxylic acids is 1. The predicted octanol–water partition coefficient (Wildman–Crippen LogP) is 6.95. The molecule has 31 heavy (non-hydrogen) atoms. The highest BCUT2D eigenvalue weighted by molar-refractivity contribution is 6.03. The molecule has 0 bridgehead atoms. The van der Waals surface area contributed by atoms with Crippen LogP contribution in [0.15, 0.2) is 12.2 Å². The Balaban J connectivity index is 0.00000131. The summed E-state index contributed by atoms with van der Waals surface area (Å²) in [6.07, 6.45) is 23.1. The van der Waals surface area contributed by atoms with Gasteiger partial charge in [-0.3, -0.25) is 14.9 Å². The van der Waals surface area contributed by atoms with Crippen LogP contribution in [0.4, 0.5) is 0 Å². The summed E-state index contributed by atoms with van der Waals surface area (Å²) in [6.45, 7) is 6.88. The van der Waals surface area contributed by atoms with Crippen LogP contribution < -0.4 is 5.32 Å². The van der Waals surface area contributed by atoms with Gasteiger partial charge in [0.2, 0.25) is 11.8 Å². The Morgan fingerprint density at radius 2 is 1.19 bits per heavy atom. The van der Waals surface area contributed by atoms with Crippen LogP contribution in [0.5, 0.6) is 0 Å². The topological polar surface area (TPSA) is 83.5 Å². The Kier molecular flexibility index (Phi) is 19.2. The van der Waals surface area contributed by atoms with E-state index < -0.39 is 5.97 Å². The van der Waals surface area contributed by atoms with Gasteiger partial charge < -0.3 is 5.11 Å². The Bertz CT molecular complexity index is 504. The molecule has 1 saturated heterocycles. The van der Waals surface area contributed by atoms with Crippen molar-refractivity contribution < 1.29 is 19.5 Å². The lowest BCUT2D eigenvalue weighted by atomic mass is 9.98. The smallest absolute Gasteiger partial charge is 0.330 e. The van der Waals surface area contributed by atoms with Gasteiger partial charge in [0.1, 0.15) is 0 Å². The van der Waals surface area contributed by atoms with E-state index in [2.05, 4.69) is 18.8 Å². The first kappa shape index (κ1) is 29.4. The molecule has 180 valence electrons. The van der Waals surface area contributed by atoms with Gasteiger partial charge >= 0.3 is 5.97 Å². The van der Waals surface area contributed by atoms with Crippen LogP contribution >= 0.6 is 0 Å². The minimum atomic E-state index is -0.935. The molecule has 1 atom stereocenters. The number of carboxylic acid groups (broad SMARTS) is 1. The SMILES string of the molecule is C=C(C)C(=O)O.CCCCCCCCCCCCCCCCCCC1CC(=O)NC1=O. The van der Waals surface area contributed by atoms with Crippen molar-refractivity contribution in [3.8, 4) is 0 Å². The molecule has 2 amide bonds. The summed E-state index contributed by atoms with van der Waals surface area (Å²) in [5, 5.41) is 10.3. The number of hydrogen-bond donors (Lipinski definition) is 2. The first-order valence-electron chi connectivity index (χ1n) is 12.6. The number of carbonyl (C=O) groups is 3. The number of hydrogen-bond acceptors (Lipinski definition) is 3. The Hall–Kier alpha value is -1.65. The average Bonchev–Trinajstić information content (AvgIpc) is 3.05. The lowest BCUT2D eigenvalue weighted by Gasteiger charge is -2.06. The lowest BCUT2D eigenvalue weighted by molar-refractivity contribution is -0.132. The fourth-order valence-corrected chi connectivity index (χ4v) is 3.78. The number of unbranched alkanes of at least 4 members (excludes halogenated alkanes) is 15. The third kappa shape index (κ3) is 18.8. The van der Waals surface area contributed by atoms with E-state index in [1.165, 1.54) is 103 Å². The van der Waals surface area contributed by atoms with Crippen LogP contribution in [0.25, 0.3) is 0 Å². The van der Waals surface area contributed by atoms with Gasteiger partial charge in [-0.15, -0.1) is 0 Å². The minimum absolute atomic E-state index is 0.0425. The molecule has 1 rings (SSSR count). The number of carbonyl (C=O) groups excluding carboxylic acids is 2. The third-order valence-electron chi connectivity index (χ3n) is 5.84. The van der Waals surface area contributed by atoms with Crippen molar-refractivity contribution >= 4 is 17.8 Å². The fraction of sp³-hybridized carbons (Fsp3) is 0.808. The standard InChI is InChI=1S/C22H41NO2.C4H6O2/c1-2-3-4-5-6-7-8-9-10-11-12-13-14-15-16-17-18-20-19-21(24)23-22(20)25;1-3(2)4(5)6/h20H,2-19H2,1H3,(H,23,24,25);1H2,2H3,(H,5,6). The van der Waals surface area contributed by atoms with E-state index in [9.17, 15) is 14.4 Å². The molecule has 5 nitrogen and oxygen atoms in total. The second-order valence-corrected chi connectivity index (χ2v) is 8.99. The summed E-state index contributed by atoms with van der Waals surface area (Å²) < 4.78 is 0. The lowest BCUT2D eigenvalue weighted by Crippen LogP contribution is -2.21. The zero-order chi connectivity index (χ0) is 23.3. The zero-order valence-corrected chi connectivity index (χ0v) is 20.2. The summed E-state index contributed by atoms with van der Waals surface area (Å²) in [7, 11) is 0. The molecule has 5 heteroatoms. The van der Waals surface area contributed by atoms with Crippen LogP contribution in [0.1, 0.15) is 129 Å². The monoisotopic (exact) mass is 437 g/mol. The fourth-order valence-electron chi connectivity index (χ4n) is 3.78. The number of rotatable bonds is 18. The summed E-state index contributed by atoms with van der Waals surface area (Å²) in [5.74, 6) is -1.12. The van der Waals surface area contributed by atoms with E-state index in [0.29, 0.717) is 6.42 Å². The van der Waals surface area contributed by atoms with Crippen molar-refractivity contribution in [1.82, 2.24) is 5.32 Å². The van der Waals surface area contributed by atoms with Crippen molar-refractivity contribution in [3.05, 3.63) is 12.2 Å². The first-order valence-corrected chi connectivity index (χ1v) is 12.6. The Morgan fingerprint density at radius 3 is 1.48 bits per heavy atom. The second-order valence-electron chi connectivity index (χ2n) is 8.99. The number of imide groups is 1. The Labute approximate surface area is 190 Å².